The van der Waals surface area contributed by atoms with E-state index in [1.807, 2.05) is 12.1 Å². The van der Waals surface area contributed by atoms with Gasteiger partial charge in [0.1, 0.15) is 22.8 Å². The highest BCUT2D eigenvalue weighted by Gasteiger charge is 2.22. The van der Waals surface area contributed by atoms with Gasteiger partial charge in [0.05, 0.1) is 34.7 Å². The molecule has 2 aromatic carbocycles. The summed E-state index contributed by atoms with van der Waals surface area (Å²) < 4.78 is 32.5. The van der Waals surface area contributed by atoms with Crippen LogP contribution in [0.25, 0.3) is 11.0 Å². The second-order valence-corrected chi connectivity index (χ2v) is 12.7. The molecule has 0 amide bonds. The predicted octanol–water partition coefficient (Wildman–Crippen LogP) is 3.82. The molecule has 0 spiro atoms. The fourth-order valence-electron chi connectivity index (χ4n) is 4.57. The van der Waals surface area contributed by atoms with Crippen LogP contribution in [0.3, 0.4) is 0 Å². The third-order valence-electron chi connectivity index (χ3n) is 6.94. The number of benzene rings is 2. The largest absolute Gasteiger partial charge is 0.495 e. The van der Waals surface area contributed by atoms with Crippen molar-refractivity contribution in [1.82, 2.24) is 29.7 Å². The normalized spacial score (nSPS) is 14.7. The van der Waals surface area contributed by atoms with Crippen molar-refractivity contribution in [2.75, 3.05) is 68.6 Å². The quantitative estimate of drug-likeness (QED) is 0.277. The van der Waals surface area contributed by atoms with E-state index in [9.17, 15) is 8.42 Å². The summed E-state index contributed by atoms with van der Waals surface area (Å²) in [4.78, 5) is 22.6. The minimum atomic E-state index is -3.59. The average Bonchev–Trinajstić information content (AvgIpc) is 2.95. The third kappa shape index (κ3) is 6.67. The van der Waals surface area contributed by atoms with Crippen LogP contribution in [0.15, 0.2) is 53.4 Å². The molecule has 0 atom stereocenters. The summed E-state index contributed by atoms with van der Waals surface area (Å²) in [5.41, 5.74) is 3.74. The maximum absolute atomic E-state index is 12.5. The number of piperazine rings is 1. The summed E-state index contributed by atoms with van der Waals surface area (Å²) in [5, 5.41) is 6.49. The van der Waals surface area contributed by atoms with Gasteiger partial charge in [-0.25, -0.2) is 13.4 Å². The molecule has 216 valence electrons. The minimum Gasteiger partial charge on any atom is -0.495 e. The van der Waals surface area contributed by atoms with Crippen LogP contribution in [0, 0.1) is 0 Å². The van der Waals surface area contributed by atoms with E-state index >= 15 is 0 Å². The lowest BCUT2D eigenvalue weighted by Gasteiger charge is -2.32. The molecule has 0 aliphatic carbocycles. The van der Waals surface area contributed by atoms with Crippen molar-refractivity contribution < 1.29 is 13.2 Å². The number of likely N-dealkylation sites (N-methyl/N-ethyl adjacent to an activating group) is 1. The van der Waals surface area contributed by atoms with Crippen molar-refractivity contribution in [3.63, 3.8) is 0 Å². The molecular weight excluding hydrogens is 610 g/mol. The van der Waals surface area contributed by atoms with Crippen LogP contribution in [0.2, 0.25) is 0 Å². The van der Waals surface area contributed by atoms with Gasteiger partial charge in [0, 0.05) is 58.4 Å². The second kappa shape index (κ2) is 12.1. The molecule has 14 heteroatoms. The number of anilines is 5. The van der Waals surface area contributed by atoms with E-state index in [1.54, 1.807) is 31.6 Å². The van der Waals surface area contributed by atoms with E-state index in [0.717, 1.165) is 50.2 Å². The van der Waals surface area contributed by atoms with E-state index in [4.69, 9.17) is 4.74 Å². The number of methoxy groups -OCH3 is 1. The van der Waals surface area contributed by atoms with Crippen molar-refractivity contribution in [2.45, 2.75) is 6.54 Å². The van der Waals surface area contributed by atoms with Crippen molar-refractivity contribution >= 4 is 65.8 Å². The SMILES string of the molecule is COc1cc(CN2CCN(C)CC2)ccc1Nc1ncc(Br)c(Nc2ccc3nccnc3c2N(C)S(C)(=O)=O)n1. The number of aromatic nitrogens is 4. The lowest BCUT2D eigenvalue weighted by Crippen LogP contribution is -2.43. The maximum atomic E-state index is 12.5. The first-order valence-electron chi connectivity index (χ1n) is 12.9. The first kappa shape index (κ1) is 28.9. The Balaban J connectivity index is 1.41. The predicted molar refractivity (Wildman–Crippen MR) is 165 cm³/mol. The lowest BCUT2D eigenvalue weighted by molar-refractivity contribution is 0.148. The zero-order chi connectivity index (χ0) is 29.1. The summed E-state index contributed by atoms with van der Waals surface area (Å²) in [6.45, 7) is 5.05. The van der Waals surface area contributed by atoms with Gasteiger partial charge in [-0.1, -0.05) is 6.07 Å². The molecule has 1 aliphatic rings. The molecule has 12 nitrogen and oxygen atoms in total. The highest BCUT2D eigenvalue weighted by atomic mass is 79.9. The Labute approximate surface area is 248 Å². The smallest absolute Gasteiger partial charge is 0.232 e. The van der Waals surface area contributed by atoms with Gasteiger partial charge in [-0.05, 0) is 52.8 Å². The molecule has 4 aromatic rings. The van der Waals surface area contributed by atoms with Gasteiger partial charge in [-0.2, -0.15) is 4.98 Å². The van der Waals surface area contributed by atoms with Gasteiger partial charge < -0.3 is 20.3 Å². The summed E-state index contributed by atoms with van der Waals surface area (Å²) in [5.74, 6) is 1.45. The molecule has 0 unspecified atom stereocenters. The average molecular weight is 643 g/mol. The Hall–Kier alpha value is -3.59. The highest BCUT2D eigenvalue weighted by molar-refractivity contribution is 9.10. The van der Waals surface area contributed by atoms with E-state index in [0.29, 0.717) is 44.4 Å². The molecule has 1 fully saturated rings. The van der Waals surface area contributed by atoms with Gasteiger partial charge in [-0.3, -0.25) is 19.2 Å². The Morgan fingerprint density at radius 1 is 1.02 bits per heavy atom. The summed E-state index contributed by atoms with van der Waals surface area (Å²) in [6, 6.07) is 9.58. The monoisotopic (exact) mass is 641 g/mol. The third-order valence-corrected chi connectivity index (χ3v) is 8.70. The van der Waals surface area contributed by atoms with Crippen LogP contribution in [0.4, 0.5) is 28.8 Å². The van der Waals surface area contributed by atoms with Crippen LogP contribution >= 0.6 is 15.9 Å². The Kier molecular flexibility index (Phi) is 8.54. The van der Waals surface area contributed by atoms with Gasteiger partial charge in [0.15, 0.2) is 0 Å². The van der Waals surface area contributed by atoms with Crippen LogP contribution in [0.1, 0.15) is 5.56 Å². The fourth-order valence-corrected chi connectivity index (χ4v) is 5.38. The highest BCUT2D eigenvalue weighted by Crippen LogP contribution is 2.37. The topological polar surface area (TPSA) is 129 Å². The summed E-state index contributed by atoms with van der Waals surface area (Å²) in [6.07, 6.45) is 5.84. The molecule has 5 rings (SSSR count). The van der Waals surface area contributed by atoms with E-state index in [-0.39, 0.29) is 0 Å². The minimum absolute atomic E-state index is 0.333. The maximum Gasteiger partial charge on any atom is 0.232 e. The molecule has 0 bridgehead atoms. The molecule has 1 aliphatic heterocycles. The molecule has 2 N–H and O–H groups in total. The molecule has 41 heavy (non-hydrogen) atoms. The van der Waals surface area contributed by atoms with Crippen LogP contribution < -0.4 is 19.7 Å². The second-order valence-electron chi connectivity index (χ2n) is 9.87. The Morgan fingerprint density at radius 2 is 1.76 bits per heavy atom. The lowest BCUT2D eigenvalue weighted by atomic mass is 10.1. The van der Waals surface area contributed by atoms with Crippen molar-refractivity contribution in [3.05, 3.63) is 59.0 Å². The Morgan fingerprint density at radius 3 is 2.49 bits per heavy atom. The molecule has 0 saturated carbocycles. The zero-order valence-electron chi connectivity index (χ0n) is 23.3. The zero-order valence-corrected chi connectivity index (χ0v) is 25.7. The van der Waals surface area contributed by atoms with Crippen molar-refractivity contribution in [3.8, 4) is 5.75 Å². The summed E-state index contributed by atoms with van der Waals surface area (Å²) in [7, 11) is 1.67. The number of hydrogen-bond acceptors (Lipinski definition) is 11. The van der Waals surface area contributed by atoms with Crippen molar-refractivity contribution in [1.29, 1.82) is 0 Å². The number of sulfonamides is 1. The molecule has 1 saturated heterocycles. The number of fused-ring (bicyclic) bond motifs is 1. The molecule has 0 radical (unpaired) electrons. The van der Waals surface area contributed by atoms with Gasteiger partial charge in [0.2, 0.25) is 16.0 Å². The van der Waals surface area contributed by atoms with Crippen LogP contribution in [-0.2, 0) is 16.6 Å². The molecule has 2 aromatic heterocycles. The van der Waals surface area contributed by atoms with Crippen LogP contribution in [-0.4, -0.2) is 91.8 Å². The molecular formula is C27H32BrN9O3S. The van der Waals surface area contributed by atoms with Crippen molar-refractivity contribution in [2.24, 2.45) is 0 Å². The number of nitrogens with one attached hydrogen (secondary N) is 2. The first-order chi connectivity index (χ1) is 19.6. The van der Waals surface area contributed by atoms with E-state index < -0.39 is 10.0 Å². The van der Waals surface area contributed by atoms with E-state index in [2.05, 4.69) is 69.4 Å². The number of halogens is 1. The number of ether oxygens (including phenoxy) is 1. The van der Waals surface area contributed by atoms with Gasteiger partial charge in [0.25, 0.3) is 0 Å². The Bertz CT molecular complexity index is 1660. The first-order valence-corrected chi connectivity index (χ1v) is 15.6. The fraction of sp³-hybridized carbons (Fsp3) is 0.333. The number of hydrogen-bond donors (Lipinski definition) is 2. The van der Waals surface area contributed by atoms with Gasteiger partial charge >= 0.3 is 0 Å². The summed E-state index contributed by atoms with van der Waals surface area (Å²) >= 11 is 3.51. The van der Waals surface area contributed by atoms with Crippen LogP contribution in [0.5, 0.6) is 5.75 Å². The van der Waals surface area contributed by atoms with Gasteiger partial charge in [-0.15, -0.1) is 0 Å². The standard InChI is InChI=1S/C27H32BrN9O3S/c1-35-11-13-37(14-12-35)17-18-5-6-20(23(15-18)40-3)33-27-31-16-19(28)26(34-27)32-22-8-7-21-24(30-10-9-29-21)25(22)36(2)41(4,38)39/h5-10,15-16H,11-14,17H2,1-4H3,(H2,31,32,33,34). The molecule has 3 heterocycles. The van der Waals surface area contributed by atoms with E-state index in [1.165, 1.54) is 17.5 Å². The number of rotatable bonds is 9. The number of nitrogens with zero attached hydrogens (tertiary/aromatic N) is 7.